The van der Waals surface area contributed by atoms with Gasteiger partial charge in [0.05, 0.1) is 16.3 Å². The van der Waals surface area contributed by atoms with Gasteiger partial charge in [0.25, 0.3) is 0 Å². The number of rotatable bonds is 2. The van der Waals surface area contributed by atoms with Crippen molar-refractivity contribution in [1.29, 1.82) is 0 Å². The summed E-state index contributed by atoms with van der Waals surface area (Å²) >= 11 is 0. The molecule has 0 bridgehead atoms. The number of amides is 2. The SMILES string of the molecule is O=C1CC(=O)Nc2cc(S(=O)(=O)N3CCCC3)ccc2N1. The topological polar surface area (TPSA) is 95.6 Å². The molecular formula is C13H15N3O4S. The molecule has 2 N–H and O–H groups in total. The lowest BCUT2D eigenvalue weighted by molar-refractivity contribution is -0.123. The van der Waals surface area contributed by atoms with Crippen LogP contribution in [0.1, 0.15) is 19.3 Å². The number of hydrogen-bond donors (Lipinski definition) is 2. The molecule has 0 atom stereocenters. The third-order valence-corrected chi connectivity index (χ3v) is 5.46. The Kier molecular flexibility index (Phi) is 3.42. The van der Waals surface area contributed by atoms with E-state index >= 15 is 0 Å². The molecule has 7 nitrogen and oxygen atoms in total. The van der Waals surface area contributed by atoms with Gasteiger partial charge < -0.3 is 10.6 Å². The number of nitrogens with one attached hydrogen (secondary N) is 2. The minimum atomic E-state index is -3.55. The van der Waals surface area contributed by atoms with Gasteiger partial charge in [0.2, 0.25) is 21.8 Å². The molecule has 2 aliphatic heterocycles. The zero-order chi connectivity index (χ0) is 15.0. The molecule has 2 aliphatic rings. The lowest BCUT2D eigenvalue weighted by Crippen LogP contribution is -2.27. The molecule has 8 heteroatoms. The van der Waals surface area contributed by atoms with Crippen LogP contribution in [-0.2, 0) is 19.6 Å². The second-order valence-corrected chi connectivity index (χ2v) is 7.03. The molecule has 0 saturated carbocycles. The highest BCUT2D eigenvalue weighted by atomic mass is 32.2. The van der Waals surface area contributed by atoms with Gasteiger partial charge in [-0.1, -0.05) is 0 Å². The van der Waals surface area contributed by atoms with Crippen LogP contribution in [0, 0.1) is 0 Å². The summed E-state index contributed by atoms with van der Waals surface area (Å²) in [5.41, 5.74) is 0.720. The largest absolute Gasteiger partial charge is 0.324 e. The van der Waals surface area contributed by atoms with Crippen molar-refractivity contribution in [3.63, 3.8) is 0 Å². The van der Waals surface area contributed by atoms with Gasteiger partial charge in [-0.05, 0) is 31.0 Å². The molecule has 0 aliphatic carbocycles. The standard InChI is InChI=1S/C13H15N3O4S/c17-12-8-13(18)15-11-7-9(3-4-10(11)14-12)21(19,20)16-5-1-2-6-16/h3-4,7H,1-2,5-6,8H2,(H,14,17)(H,15,18). The third-order valence-electron chi connectivity index (χ3n) is 3.56. The summed E-state index contributed by atoms with van der Waals surface area (Å²) in [6.07, 6.45) is 1.44. The van der Waals surface area contributed by atoms with E-state index in [-0.39, 0.29) is 11.3 Å². The molecule has 1 aromatic carbocycles. The van der Waals surface area contributed by atoms with E-state index in [0.717, 1.165) is 12.8 Å². The number of carbonyl (C=O) groups excluding carboxylic acids is 2. The van der Waals surface area contributed by atoms with Crippen LogP contribution < -0.4 is 10.6 Å². The molecule has 0 aromatic heterocycles. The Bertz CT molecular complexity index is 708. The minimum absolute atomic E-state index is 0.125. The number of sulfonamides is 1. The fourth-order valence-corrected chi connectivity index (χ4v) is 4.05. The molecule has 3 rings (SSSR count). The van der Waals surface area contributed by atoms with Crippen molar-refractivity contribution in [2.75, 3.05) is 23.7 Å². The normalized spacial score (nSPS) is 19.6. The van der Waals surface area contributed by atoms with Crippen molar-refractivity contribution >= 4 is 33.2 Å². The van der Waals surface area contributed by atoms with Gasteiger partial charge in [0, 0.05) is 13.1 Å². The smallest absolute Gasteiger partial charge is 0.243 e. The molecule has 0 unspecified atom stereocenters. The summed E-state index contributed by atoms with van der Waals surface area (Å²) in [5.74, 6) is -0.872. The van der Waals surface area contributed by atoms with Gasteiger partial charge in [-0.15, -0.1) is 0 Å². The Morgan fingerprint density at radius 2 is 1.57 bits per heavy atom. The van der Waals surface area contributed by atoms with E-state index in [9.17, 15) is 18.0 Å². The summed E-state index contributed by atoms with van der Waals surface area (Å²) in [5, 5.41) is 5.12. The van der Waals surface area contributed by atoms with Crippen molar-refractivity contribution in [2.45, 2.75) is 24.2 Å². The molecule has 1 fully saturated rings. The van der Waals surface area contributed by atoms with Crippen LogP contribution in [0.2, 0.25) is 0 Å². The summed E-state index contributed by atoms with van der Waals surface area (Å²) < 4.78 is 26.4. The molecule has 2 amide bonds. The van der Waals surface area contributed by atoms with Crippen molar-refractivity contribution in [3.8, 4) is 0 Å². The first-order valence-electron chi connectivity index (χ1n) is 6.71. The second kappa shape index (κ2) is 5.12. The van der Waals surface area contributed by atoms with Gasteiger partial charge in [-0.3, -0.25) is 9.59 Å². The molecule has 0 spiro atoms. The van der Waals surface area contributed by atoms with Crippen molar-refractivity contribution in [2.24, 2.45) is 0 Å². The van der Waals surface area contributed by atoms with Crippen molar-refractivity contribution < 1.29 is 18.0 Å². The average Bonchev–Trinajstić information content (AvgIpc) is 2.90. The van der Waals surface area contributed by atoms with Crippen molar-refractivity contribution in [3.05, 3.63) is 18.2 Å². The van der Waals surface area contributed by atoms with Crippen LogP contribution in [0.25, 0.3) is 0 Å². The Hall–Kier alpha value is -1.93. The molecule has 0 radical (unpaired) electrons. The summed E-state index contributed by atoms with van der Waals surface area (Å²) in [7, 11) is -3.55. The molecule has 1 aromatic rings. The first-order chi connectivity index (χ1) is 9.96. The average molecular weight is 309 g/mol. The van der Waals surface area contributed by atoms with Gasteiger partial charge in [-0.25, -0.2) is 8.42 Å². The van der Waals surface area contributed by atoms with Crippen LogP contribution in [0.5, 0.6) is 0 Å². The number of benzene rings is 1. The van der Waals surface area contributed by atoms with E-state index in [1.165, 1.54) is 22.5 Å². The lowest BCUT2D eigenvalue weighted by atomic mass is 10.2. The maximum Gasteiger partial charge on any atom is 0.243 e. The summed E-state index contributed by atoms with van der Waals surface area (Å²) in [6, 6.07) is 4.35. The zero-order valence-electron chi connectivity index (χ0n) is 11.3. The van der Waals surface area contributed by atoms with E-state index in [1.54, 1.807) is 0 Å². The van der Waals surface area contributed by atoms with E-state index in [2.05, 4.69) is 10.6 Å². The fourth-order valence-electron chi connectivity index (χ4n) is 2.51. The van der Waals surface area contributed by atoms with Gasteiger partial charge in [0.15, 0.2) is 0 Å². The Morgan fingerprint density at radius 1 is 0.952 bits per heavy atom. The third kappa shape index (κ3) is 2.64. The highest BCUT2D eigenvalue weighted by molar-refractivity contribution is 7.89. The highest BCUT2D eigenvalue weighted by Crippen LogP contribution is 2.30. The van der Waals surface area contributed by atoms with E-state index in [0.29, 0.717) is 24.5 Å². The summed E-state index contributed by atoms with van der Waals surface area (Å²) in [6.45, 7) is 1.03. The molecule has 112 valence electrons. The van der Waals surface area contributed by atoms with Crippen LogP contribution in [-0.4, -0.2) is 37.6 Å². The first kappa shape index (κ1) is 14.0. The maximum atomic E-state index is 12.5. The van der Waals surface area contributed by atoms with Crippen LogP contribution >= 0.6 is 0 Å². The monoisotopic (exact) mass is 309 g/mol. The maximum absolute atomic E-state index is 12.5. The van der Waals surface area contributed by atoms with E-state index < -0.39 is 21.8 Å². The first-order valence-corrected chi connectivity index (χ1v) is 8.15. The predicted molar refractivity (Wildman–Crippen MR) is 76.3 cm³/mol. The summed E-state index contributed by atoms with van der Waals surface area (Å²) in [4.78, 5) is 23.1. The van der Waals surface area contributed by atoms with Crippen molar-refractivity contribution in [1.82, 2.24) is 4.31 Å². The number of carbonyl (C=O) groups is 2. The Balaban J connectivity index is 1.99. The Morgan fingerprint density at radius 3 is 2.24 bits per heavy atom. The molecule has 1 saturated heterocycles. The number of anilines is 2. The lowest BCUT2D eigenvalue weighted by Gasteiger charge is -2.17. The molecule has 2 heterocycles. The number of nitrogens with zero attached hydrogens (tertiary/aromatic N) is 1. The van der Waals surface area contributed by atoms with Crippen LogP contribution in [0.3, 0.4) is 0 Å². The van der Waals surface area contributed by atoms with Crippen LogP contribution in [0.4, 0.5) is 11.4 Å². The highest BCUT2D eigenvalue weighted by Gasteiger charge is 2.28. The second-order valence-electron chi connectivity index (χ2n) is 5.09. The fraction of sp³-hybridized carbons (Fsp3) is 0.385. The number of hydrogen-bond acceptors (Lipinski definition) is 4. The van der Waals surface area contributed by atoms with E-state index in [1.807, 2.05) is 0 Å². The molecular weight excluding hydrogens is 294 g/mol. The van der Waals surface area contributed by atoms with Gasteiger partial charge in [-0.2, -0.15) is 4.31 Å². The predicted octanol–water partition coefficient (Wildman–Crippen LogP) is 0.752. The van der Waals surface area contributed by atoms with Crippen LogP contribution in [0.15, 0.2) is 23.1 Å². The minimum Gasteiger partial charge on any atom is -0.324 e. The number of fused-ring (bicyclic) bond motifs is 1. The van der Waals surface area contributed by atoms with E-state index in [4.69, 9.17) is 0 Å². The van der Waals surface area contributed by atoms with Gasteiger partial charge >= 0.3 is 0 Å². The zero-order valence-corrected chi connectivity index (χ0v) is 12.1. The van der Waals surface area contributed by atoms with Gasteiger partial charge in [0.1, 0.15) is 6.42 Å². The molecule has 21 heavy (non-hydrogen) atoms. The Labute approximate surface area is 122 Å². The quantitative estimate of drug-likeness (QED) is 0.788.